The zero-order chi connectivity index (χ0) is 14.4. The molecule has 2 heteroatoms. The highest BCUT2D eigenvalue weighted by Crippen LogP contribution is 2.17. The molecule has 0 bridgehead atoms. The second-order valence-corrected chi connectivity index (χ2v) is 4.56. The molecule has 1 aromatic carbocycles. The molecule has 0 aliphatic heterocycles. The van der Waals surface area contributed by atoms with E-state index in [1.165, 1.54) is 5.56 Å². The largest absolute Gasteiger partial charge is 0.315 e. The molecule has 0 N–H and O–H groups in total. The fourth-order valence-corrected chi connectivity index (χ4v) is 2.27. The second kappa shape index (κ2) is 7.13. The number of nitrogens with zero attached hydrogens (tertiary/aromatic N) is 1. The number of benzene rings is 1. The number of rotatable bonds is 3. The summed E-state index contributed by atoms with van der Waals surface area (Å²) in [4.78, 5) is 12.3. The summed E-state index contributed by atoms with van der Waals surface area (Å²) >= 11 is 0. The van der Waals surface area contributed by atoms with Crippen LogP contribution in [0.4, 0.5) is 0 Å². The fraction of sp³-hybridized carbons (Fsp3) is 0.471. The molecular formula is C17H25NO. The molecule has 0 spiro atoms. The number of aromatic nitrogens is 1. The van der Waals surface area contributed by atoms with Gasteiger partial charge in [0.15, 0.2) is 0 Å². The summed E-state index contributed by atoms with van der Waals surface area (Å²) in [6.07, 6.45) is 3.97. The van der Waals surface area contributed by atoms with Crippen molar-refractivity contribution in [2.24, 2.45) is 0 Å². The molecule has 2 aromatic rings. The predicted molar refractivity (Wildman–Crippen MR) is 84.0 cm³/mol. The third-order valence-corrected chi connectivity index (χ3v) is 3.17. The van der Waals surface area contributed by atoms with Crippen molar-refractivity contribution in [2.45, 2.75) is 54.0 Å². The Hall–Kier alpha value is -1.57. The molecule has 0 saturated carbocycles. The number of aryl methyl sites for hydroxylation is 3. The molecule has 2 nitrogen and oxygen atoms in total. The van der Waals surface area contributed by atoms with E-state index in [0.29, 0.717) is 0 Å². The Kier molecular flexibility index (Phi) is 5.81. The van der Waals surface area contributed by atoms with Crippen LogP contribution in [-0.2, 0) is 13.0 Å². The summed E-state index contributed by atoms with van der Waals surface area (Å²) in [6.45, 7) is 11.1. The number of hydrogen-bond acceptors (Lipinski definition) is 1. The van der Waals surface area contributed by atoms with E-state index >= 15 is 0 Å². The monoisotopic (exact) mass is 259 g/mol. The lowest BCUT2D eigenvalue weighted by Gasteiger charge is -2.10. The minimum atomic E-state index is 0.141. The normalized spacial score (nSPS) is 10.2. The van der Waals surface area contributed by atoms with Crippen LogP contribution in [0.25, 0.3) is 10.8 Å². The highest BCUT2D eigenvalue weighted by molar-refractivity contribution is 5.85. The van der Waals surface area contributed by atoms with E-state index in [-0.39, 0.29) is 5.56 Å². The van der Waals surface area contributed by atoms with Gasteiger partial charge in [-0.15, -0.1) is 0 Å². The lowest BCUT2D eigenvalue weighted by molar-refractivity contribution is 0.655. The Labute approximate surface area is 116 Å². The van der Waals surface area contributed by atoms with E-state index < -0.39 is 0 Å². The molecular weight excluding hydrogens is 234 g/mol. The Morgan fingerprint density at radius 3 is 2.37 bits per heavy atom. The van der Waals surface area contributed by atoms with Crippen LogP contribution in [0.5, 0.6) is 0 Å². The average molecular weight is 259 g/mol. The first-order valence-electron chi connectivity index (χ1n) is 7.30. The fourth-order valence-electron chi connectivity index (χ4n) is 2.27. The summed E-state index contributed by atoms with van der Waals surface area (Å²) in [7, 11) is 0. The molecule has 1 aromatic heterocycles. The van der Waals surface area contributed by atoms with Crippen molar-refractivity contribution in [1.29, 1.82) is 0 Å². The first kappa shape index (κ1) is 15.5. The Morgan fingerprint density at radius 1 is 1.11 bits per heavy atom. The smallest absolute Gasteiger partial charge is 0.258 e. The maximum Gasteiger partial charge on any atom is 0.258 e. The van der Waals surface area contributed by atoms with E-state index in [4.69, 9.17) is 0 Å². The van der Waals surface area contributed by atoms with Gasteiger partial charge in [-0.2, -0.15) is 0 Å². The van der Waals surface area contributed by atoms with Crippen LogP contribution < -0.4 is 5.56 Å². The standard InChI is InChI=1S/C15H19NO.C2H6/c1-4-8-16-10-12(5-2)13-7-6-11(3)9-14(13)15(16)17;1-2/h6-7,9-10H,4-5,8H2,1-3H3;1-2H3. The lowest BCUT2D eigenvalue weighted by atomic mass is 10.0. The zero-order valence-electron chi connectivity index (χ0n) is 12.8. The van der Waals surface area contributed by atoms with Crippen LogP contribution in [0.3, 0.4) is 0 Å². The van der Waals surface area contributed by atoms with Crippen LogP contribution in [0, 0.1) is 6.92 Å². The van der Waals surface area contributed by atoms with E-state index in [2.05, 4.69) is 26.0 Å². The van der Waals surface area contributed by atoms with Gasteiger partial charge in [-0.1, -0.05) is 45.4 Å². The van der Waals surface area contributed by atoms with Gasteiger partial charge < -0.3 is 4.57 Å². The van der Waals surface area contributed by atoms with Gasteiger partial charge in [0.2, 0.25) is 0 Å². The topological polar surface area (TPSA) is 22.0 Å². The van der Waals surface area contributed by atoms with Gasteiger partial charge in [-0.05, 0) is 36.8 Å². The highest BCUT2D eigenvalue weighted by Gasteiger charge is 2.07. The van der Waals surface area contributed by atoms with Gasteiger partial charge in [0.25, 0.3) is 5.56 Å². The van der Waals surface area contributed by atoms with E-state index in [1.54, 1.807) is 0 Å². The molecule has 1 heterocycles. The zero-order valence-corrected chi connectivity index (χ0v) is 12.8. The van der Waals surface area contributed by atoms with Crippen molar-refractivity contribution in [3.8, 4) is 0 Å². The van der Waals surface area contributed by atoms with Gasteiger partial charge in [-0.25, -0.2) is 0 Å². The quantitative estimate of drug-likeness (QED) is 0.805. The molecule has 2 rings (SSSR count). The lowest BCUT2D eigenvalue weighted by Crippen LogP contribution is -2.20. The van der Waals surface area contributed by atoms with E-state index in [1.807, 2.05) is 37.6 Å². The summed E-state index contributed by atoms with van der Waals surface area (Å²) in [5, 5.41) is 1.97. The van der Waals surface area contributed by atoms with Crippen LogP contribution in [0.15, 0.2) is 29.2 Å². The number of pyridine rings is 1. The summed E-state index contributed by atoms with van der Waals surface area (Å²) in [6, 6.07) is 6.15. The third kappa shape index (κ3) is 3.25. The molecule has 0 atom stereocenters. The van der Waals surface area contributed by atoms with Gasteiger partial charge in [0, 0.05) is 18.1 Å². The number of hydrogen-bond donors (Lipinski definition) is 0. The SMILES string of the molecule is CC.CCCn1cc(CC)c2ccc(C)cc2c1=O. The highest BCUT2D eigenvalue weighted by atomic mass is 16.1. The van der Waals surface area contributed by atoms with Crippen molar-refractivity contribution in [2.75, 3.05) is 0 Å². The van der Waals surface area contributed by atoms with Crippen molar-refractivity contribution in [3.63, 3.8) is 0 Å². The first-order valence-corrected chi connectivity index (χ1v) is 7.30. The summed E-state index contributed by atoms with van der Waals surface area (Å²) < 4.78 is 1.85. The molecule has 0 fully saturated rings. The molecule has 0 aliphatic rings. The van der Waals surface area contributed by atoms with Crippen molar-refractivity contribution in [3.05, 3.63) is 45.9 Å². The van der Waals surface area contributed by atoms with Crippen molar-refractivity contribution < 1.29 is 0 Å². The van der Waals surface area contributed by atoms with Crippen LogP contribution >= 0.6 is 0 Å². The molecule has 0 radical (unpaired) electrons. The molecule has 0 saturated heterocycles. The second-order valence-electron chi connectivity index (χ2n) is 4.56. The van der Waals surface area contributed by atoms with Gasteiger partial charge in [0.1, 0.15) is 0 Å². The Balaban J connectivity index is 0.000000861. The molecule has 104 valence electrons. The Morgan fingerprint density at radius 2 is 1.79 bits per heavy atom. The van der Waals surface area contributed by atoms with Gasteiger partial charge >= 0.3 is 0 Å². The van der Waals surface area contributed by atoms with Gasteiger partial charge in [-0.3, -0.25) is 4.79 Å². The van der Waals surface area contributed by atoms with Crippen LogP contribution in [0.2, 0.25) is 0 Å². The maximum atomic E-state index is 12.3. The first-order chi connectivity index (χ1) is 9.17. The minimum absolute atomic E-state index is 0.141. The van der Waals surface area contributed by atoms with E-state index in [0.717, 1.165) is 35.7 Å². The average Bonchev–Trinajstić information content (AvgIpc) is 2.44. The summed E-state index contributed by atoms with van der Waals surface area (Å²) in [5.74, 6) is 0. The van der Waals surface area contributed by atoms with E-state index in [9.17, 15) is 4.79 Å². The van der Waals surface area contributed by atoms with Crippen LogP contribution in [0.1, 0.15) is 45.2 Å². The minimum Gasteiger partial charge on any atom is -0.315 e. The molecule has 19 heavy (non-hydrogen) atoms. The molecule has 0 aliphatic carbocycles. The molecule has 0 unspecified atom stereocenters. The molecule has 0 amide bonds. The van der Waals surface area contributed by atoms with Crippen LogP contribution in [-0.4, -0.2) is 4.57 Å². The van der Waals surface area contributed by atoms with Gasteiger partial charge in [0.05, 0.1) is 0 Å². The van der Waals surface area contributed by atoms with Crippen molar-refractivity contribution >= 4 is 10.8 Å². The van der Waals surface area contributed by atoms with Crippen molar-refractivity contribution in [1.82, 2.24) is 4.57 Å². The maximum absolute atomic E-state index is 12.3. The summed E-state index contributed by atoms with van der Waals surface area (Å²) in [5.41, 5.74) is 2.54. The number of fused-ring (bicyclic) bond motifs is 1. The predicted octanol–water partition coefficient (Wildman–Crippen LogP) is 4.31. The third-order valence-electron chi connectivity index (χ3n) is 3.17. The Bertz CT molecular complexity index is 596.